The fourth-order valence-corrected chi connectivity index (χ4v) is 1.32. The van der Waals surface area contributed by atoms with Gasteiger partial charge in [0.1, 0.15) is 5.69 Å². The molecule has 1 amide bonds. The summed E-state index contributed by atoms with van der Waals surface area (Å²) in [6.07, 6.45) is 1.83. The second-order valence-corrected chi connectivity index (χ2v) is 3.54. The number of hydrogen-bond acceptors (Lipinski definition) is 4. The molecule has 0 saturated heterocycles. The van der Waals surface area contributed by atoms with Gasteiger partial charge in [-0.05, 0) is 12.1 Å². The van der Waals surface area contributed by atoms with E-state index in [1.807, 2.05) is 6.07 Å². The average molecular weight is 242 g/mol. The van der Waals surface area contributed by atoms with Crippen molar-refractivity contribution in [1.82, 2.24) is 9.88 Å². The normalized spacial score (nSPS) is 8.94. The van der Waals surface area contributed by atoms with Crippen molar-refractivity contribution in [2.45, 2.75) is 6.42 Å². The van der Waals surface area contributed by atoms with E-state index in [1.54, 1.807) is 25.4 Å². The summed E-state index contributed by atoms with van der Waals surface area (Å²) in [4.78, 5) is 17.6. The Morgan fingerprint density at radius 1 is 1.61 bits per heavy atom. The summed E-state index contributed by atoms with van der Waals surface area (Å²) in [5.74, 6) is 5.27. The molecular formula is C13H14N4O. The van der Waals surface area contributed by atoms with Crippen LogP contribution in [0.25, 0.3) is 0 Å². The predicted octanol–water partition coefficient (Wildman–Crippen LogP) is 0.377. The Hall–Kier alpha value is -2.37. The zero-order valence-corrected chi connectivity index (χ0v) is 10.2. The number of aromatic nitrogens is 1. The number of nitrogens with two attached hydrogens (primary N) is 1. The van der Waals surface area contributed by atoms with Gasteiger partial charge in [0, 0.05) is 19.8 Å². The maximum atomic E-state index is 12.1. The van der Waals surface area contributed by atoms with Crippen LogP contribution in [0.15, 0.2) is 18.3 Å². The molecule has 5 heteroatoms. The van der Waals surface area contributed by atoms with Crippen LogP contribution in [0, 0.1) is 23.2 Å². The minimum atomic E-state index is -0.243. The molecule has 0 radical (unpaired) electrons. The molecule has 0 aliphatic rings. The van der Waals surface area contributed by atoms with E-state index in [9.17, 15) is 4.79 Å². The van der Waals surface area contributed by atoms with Gasteiger partial charge in [-0.3, -0.25) is 4.79 Å². The number of amides is 1. The van der Waals surface area contributed by atoms with Gasteiger partial charge < -0.3 is 10.6 Å². The van der Waals surface area contributed by atoms with Crippen LogP contribution >= 0.6 is 0 Å². The summed E-state index contributed by atoms with van der Waals surface area (Å²) in [6.45, 7) is 0.600. The molecular weight excluding hydrogens is 228 g/mol. The highest BCUT2D eigenvalue weighted by molar-refractivity contribution is 5.94. The molecule has 92 valence electrons. The molecule has 1 aromatic heterocycles. The average Bonchev–Trinajstić information content (AvgIpc) is 2.42. The molecule has 0 fully saturated rings. The van der Waals surface area contributed by atoms with Crippen LogP contribution in [0.5, 0.6) is 0 Å². The largest absolute Gasteiger partial charge is 0.339 e. The van der Waals surface area contributed by atoms with Crippen LogP contribution in [-0.2, 0) is 0 Å². The summed E-state index contributed by atoms with van der Waals surface area (Å²) < 4.78 is 0. The van der Waals surface area contributed by atoms with E-state index >= 15 is 0 Å². The third-order valence-corrected chi connectivity index (χ3v) is 2.24. The van der Waals surface area contributed by atoms with Gasteiger partial charge in [0.15, 0.2) is 0 Å². The number of carbonyl (C=O) groups is 1. The van der Waals surface area contributed by atoms with Crippen LogP contribution in [0.4, 0.5) is 0 Å². The monoisotopic (exact) mass is 242 g/mol. The Labute approximate surface area is 106 Å². The van der Waals surface area contributed by atoms with E-state index in [0.717, 1.165) is 0 Å². The molecule has 0 bridgehead atoms. The topological polar surface area (TPSA) is 83.0 Å². The zero-order chi connectivity index (χ0) is 13.4. The quantitative estimate of drug-likeness (QED) is 0.776. The minimum Gasteiger partial charge on any atom is -0.339 e. The lowest BCUT2D eigenvalue weighted by Gasteiger charge is -2.15. The number of hydrogen-bond donors (Lipinski definition) is 1. The first-order valence-electron chi connectivity index (χ1n) is 5.47. The molecule has 18 heavy (non-hydrogen) atoms. The van der Waals surface area contributed by atoms with Crippen LogP contribution in [0.3, 0.4) is 0 Å². The van der Waals surface area contributed by atoms with E-state index in [1.165, 1.54) is 4.90 Å². The molecule has 0 saturated carbocycles. The van der Waals surface area contributed by atoms with Crippen molar-refractivity contribution >= 4 is 5.91 Å². The SMILES string of the molecule is CN(CCC#N)C(=O)c1ncccc1C#CCN. The molecule has 0 atom stereocenters. The highest BCUT2D eigenvalue weighted by Gasteiger charge is 2.15. The number of pyridine rings is 1. The number of nitrogens with zero attached hydrogens (tertiary/aromatic N) is 3. The van der Waals surface area contributed by atoms with Crippen LogP contribution in [-0.4, -0.2) is 35.9 Å². The standard InChI is InChI=1S/C13H14N4O/c1-17(10-4-8-15)13(18)12-11(5-2-7-14)6-3-9-16-12/h3,6,9H,4,7,10,14H2,1H3. The lowest BCUT2D eigenvalue weighted by molar-refractivity contribution is 0.0792. The first-order valence-corrected chi connectivity index (χ1v) is 5.47. The van der Waals surface area contributed by atoms with Crippen molar-refractivity contribution in [2.75, 3.05) is 20.1 Å². The third-order valence-electron chi connectivity index (χ3n) is 2.24. The van der Waals surface area contributed by atoms with Crippen molar-refractivity contribution in [3.8, 4) is 17.9 Å². The van der Waals surface area contributed by atoms with E-state index in [-0.39, 0.29) is 12.5 Å². The zero-order valence-electron chi connectivity index (χ0n) is 10.2. The maximum Gasteiger partial charge on any atom is 0.273 e. The van der Waals surface area contributed by atoms with E-state index < -0.39 is 0 Å². The third kappa shape index (κ3) is 3.58. The van der Waals surface area contributed by atoms with Crippen LogP contribution in [0.2, 0.25) is 0 Å². The minimum absolute atomic E-state index is 0.229. The van der Waals surface area contributed by atoms with Crippen molar-refractivity contribution < 1.29 is 4.79 Å². The number of nitriles is 1. The van der Waals surface area contributed by atoms with Crippen molar-refractivity contribution in [1.29, 1.82) is 5.26 Å². The van der Waals surface area contributed by atoms with Gasteiger partial charge in [-0.2, -0.15) is 5.26 Å². The lowest BCUT2D eigenvalue weighted by Crippen LogP contribution is -2.29. The molecule has 0 aliphatic heterocycles. The van der Waals surface area contributed by atoms with Gasteiger partial charge in [0.2, 0.25) is 0 Å². The second kappa shape index (κ2) is 7.05. The Kier molecular flexibility index (Phi) is 5.37. The molecule has 0 spiro atoms. The molecule has 0 unspecified atom stereocenters. The van der Waals surface area contributed by atoms with E-state index in [2.05, 4.69) is 16.8 Å². The molecule has 1 aromatic rings. The molecule has 0 aliphatic carbocycles. The van der Waals surface area contributed by atoms with Gasteiger partial charge in [0.05, 0.1) is 24.6 Å². The molecule has 0 aromatic carbocycles. The second-order valence-electron chi connectivity index (χ2n) is 3.54. The first-order chi connectivity index (χ1) is 8.70. The summed E-state index contributed by atoms with van der Waals surface area (Å²) >= 11 is 0. The van der Waals surface area contributed by atoms with Gasteiger partial charge in [0.25, 0.3) is 5.91 Å². The van der Waals surface area contributed by atoms with Gasteiger partial charge in [-0.1, -0.05) is 11.8 Å². The number of rotatable bonds is 3. The van der Waals surface area contributed by atoms with Crippen LogP contribution < -0.4 is 5.73 Å². The molecule has 2 N–H and O–H groups in total. The highest BCUT2D eigenvalue weighted by atomic mass is 16.2. The summed E-state index contributed by atoms with van der Waals surface area (Å²) in [5, 5.41) is 8.50. The Morgan fingerprint density at radius 3 is 3.06 bits per heavy atom. The maximum absolute atomic E-state index is 12.1. The fraction of sp³-hybridized carbons (Fsp3) is 0.308. The summed E-state index contributed by atoms with van der Waals surface area (Å²) in [7, 11) is 1.63. The van der Waals surface area contributed by atoms with E-state index in [4.69, 9.17) is 11.0 Å². The fourth-order valence-electron chi connectivity index (χ4n) is 1.32. The van der Waals surface area contributed by atoms with Gasteiger partial charge >= 0.3 is 0 Å². The highest BCUT2D eigenvalue weighted by Crippen LogP contribution is 2.07. The smallest absolute Gasteiger partial charge is 0.273 e. The molecule has 1 rings (SSSR count). The van der Waals surface area contributed by atoms with Gasteiger partial charge in [-0.25, -0.2) is 4.98 Å². The van der Waals surface area contributed by atoms with Crippen molar-refractivity contribution in [3.63, 3.8) is 0 Å². The van der Waals surface area contributed by atoms with Crippen LogP contribution in [0.1, 0.15) is 22.5 Å². The molecule has 5 nitrogen and oxygen atoms in total. The summed E-state index contributed by atoms with van der Waals surface area (Å²) in [6, 6.07) is 5.43. The molecule has 1 heterocycles. The predicted molar refractivity (Wildman–Crippen MR) is 67.4 cm³/mol. The Bertz CT molecular complexity index is 522. The van der Waals surface area contributed by atoms with E-state index in [0.29, 0.717) is 24.2 Å². The lowest BCUT2D eigenvalue weighted by atomic mass is 10.1. The Morgan fingerprint density at radius 2 is 2.39 bits per heavy atom. The van der Waals surface area contributed by atoms with Gasteiger partial charge in [-0.15, -0.1) is 0 Å². The summed E-state index contributed by atoms with van der Waals surface area (Å²) in [5.41, 5.74) is 6.15. The number of carbonyl (C=O) groups excluding carboxylic acids is 1. The first kappa shape index (κ1) is 13.7. The van der Waals surface area contributed by atoms with Crippen molar-refractivity contribution in [3.05, 3.63) is 29.6 Å². The Balaban J connectivity index is 2.95. The van der Waals surface area contributed by atoms with Crippen molar-refractivity contribution in [2.24, 2.45) is 5.73 Å².